The second-order valence-electron chi connectivity index (χ2n) is 42.9. The van der Waals surface area contributed by atoms with Crippen LogP contribution in [0.1, 0.15) is 213 Å². The highest BCUT2D eigenvalue weighted by Gasteiger charge is 2.44. The van der Waals surface area contributed by atoms with Crippen molar-refractivity contribution in [3.05, 3.63) is 348 Å². The van der Waals surface area contributed by atoms with Crippen molar-refractivity contribution in [2.45, 2.75) is 248 Å². The van der Waals surface area contributed by atoms with E-state index in [1.807, 2.05) is 0 Å². The maximum atomic E-state index is 4.53. The molecule has 0 atom stereocenters. The molecule has 0 heterocycles. The molecule has 0 unspecified atom stereocenters. The first-order chi connectivity index (χ1) is 65.5. The fraction of sp³-hybridized carbons (Fsp3) is 0.288. The molecule has 0 fully saturated rings. The minimum Gasteiger partial charge on any atom is -0.125 e. The summed E-state index contributed by atoms with van der Waals surface area (Å²) in [6.07, 6.45) is 4.22. The zero-order valence-electron chi connectivity index (χ0n) is 87.8. The lowest BCUT2D eigenvalue weighted by Gasteiger charge is -2.35. The minimum absolute atomic E-state index is 0.359. The van der Waals surface area contributed by atoms with Gasteiger partial charge in [0, 0.05) is 33.4 Å². The number of hydrogen-bond acceptors (Lipinski definition) is 0. The molecule has 0 aromatic heterocycles. The van der Waals surface area contributed by atoms with E-state index in [2.05, 4.69) is 532 Å². The van der Waals surface area contributed by atoms with Gasteiger partial charge in [0.2, 0.25) is 0 Å². The minimum atomic E-state index is -2.38. The van der Waals surface area contributed by atoms with Crippen LogP contribution in [0, 0.1) is 68.8 Å². The van der Waals surface area contributed by atoms with Gasteiger partial charge in [0.25, 0.3) is 0 Å². The third-order valence-electron chi connectivity index (χ3n) is 31.5. The van der Waals surface area contributed by atoms with Gasteiger partial charge in [0.05, 0.1) is 0 Å². The first-order valence-corrected chi connectivity index (χ1v) is 63.5. The standard InChI is InChI=1S/C44H50Si2.C44H46Si2.C44H50Si2/c2*1-29(2)45(30(3)4,31(5)6)23-21-39-41-25-35-17-13-15-19-37(35)27-43(41)40(22-24-46(32(7)8,33(9)10)34(11)12)44-28-38-20-16-14-18-36(38)26-42(39)44;1-11-23-45(31(3)4,32(5)6)25-21-39-41-27-35-17-13-15-19-37(35)29-43(41)40(22-26-46(24-12-2,33(7)8)34(9)10)44-30-38-20-16-14-18-36(38)28-42(39)44/h13-20,25-28,30-31,33-34H,1,7H2,2-6,8-12H3;13-20,25-28,31,34H,1,3,7,9H2,2,4-6,8,10-12H3;11-20,27-34H,1-2,23-24H2,3-10H3. The molecule has 0 aliphatic carbocycles. The van der Waals surface area contributed by atoms with Crippen LogP contribution in [0.15, 0.2) is 314 Å². The first-order valence-electron chi connectivity index (χ1n) is 50.3. The van der Waals surface area contributed by atoms with Crippen molar-refractivity contribution in [1.29, 1.82) is 0 Å². The third kappa shape index (κ3) is 19.0. The van der Waals surface area contributed by atoms with Crippen LogP contribution in [0.25, 0.3) is 129 Å². The molecule has 15 rings (SSSR count). The molecule has 0 aliphatic heterocycles. The van der Waals surface area contributed by atoms with Crippen LogP contribution in [-0.2, 0) is 0 Å². The Kier molecular flexibility index (Phi) is 31.4. The number of fused-ring (bicyclic) bond motifs is 12. The molecular formula is C132H146Si6. The van der Waals surface area contributed by atoms with E-state index in [9.17, 15) is 0 Å². The van der Waals surface area contributed by atoms with Gasteiger partial charge in [0.1, 0.15) is 16.1 Å². The van der Waals surface area contributed by atoms with Crippen molar-refractivity contribution in [1.82, 2.24) is 0 Å². The summed E-state index contributed by atoms with van der Waals surface area (Å²) in [5.74, 6) is 23.3. The lowest BCUT2D eigenvalue weighted by Crippen LogP contribution is -2.41. The normalized spacial score (nSPS) is 12.1. The summed E-state index contributed by atoms with van der Waals surface area (Å²) < 4.78 is 0. The van der Waals surface area contributed by atoms with Crippen molar-refractivity contribution in [3.8, 4) is 68.8 Å². The number of hydrogen-bond donors (Lipinski definition) is 0. The molecule has 0 radical (unpaired) electrons. The summed E-state index contributed by atoms with van der Waals surface area (Å²) in [6, 6.07) is 82.2. The number of allylic oxidation sites excluding steroid dienone is 8. The van der Waals surface area contributed by atoms with Crippen LogP contribution in [-0.4, -0.2) is 48.4 Å². The van der Waals surface area contributed by atoms with Gasteiger partial charge < -0.3 is 0 Å². The van der Waals surface area contributed by atoms with E-state index in [-0.39, 0.29) is 0 Å². The zero-order valence-corrected chi connectivity index (χ0v) is 93.8. The third-order valence-corrected chi connectivity index (χ3v) is 63.9. The fourth-order valence-corrected chi connectivity index (χ4v) is 47.5. The molecule has 0 bridgehead atoms. The molecular weight excluding hydrogens is 1750 g/mol. The molecule has 6 heteroatoms. The van der Waals surface area contributed by atoms with Crippen molar-refractivity contribution in [2.24, 2.45) is 0 Å². The lowest BCUT2D eigenvalue weighted by atomic mass is 9.89. The van der Waals surface area contributed by atoms with E-state index >= 15 is 0 Å². The van der Waals surface area contributed by atoms with Crippen LogP contribution in [0.3, 0.4) is 0 Å². The fourth-order valence-electron chi connectivity index (χ4n) is 23.6. The monoisotopic (exact) mass is 1900 g/mol. The van der Waals surface area contributed by atoms with Gasteiger partial charge in [-0.25, -0.2) is 0 Å². The Morgan fingerprint density at radius 1 is 0.210 bits per heavy atom. The molecule has 15 aromatic carbocycles. The number of benzene rings is 15. The van der Waals surface area contributed by atoms with Gasteiger partial charge in [-0.1, -0.05) is 363 Å². The van der Waals surface area contributed by atoms with E-state index in [1.54, 1.807) is 0 Å². The van der Waals surface area contributed by atoms with Crippen molar-refractivity contribution < 1.29 is 0 Å². The zero-order chi connectivity index (χ0) is 100. The largest absolute Gasteiger partial charge is 0.192 e. The highest BCUT2D eigenvalue weighted by molar-refractivity contribution is 7.00. The highest BCUT2D eigenvalue weighted by atomic mass is 28.3. The SMILES string of the molecule is C=C(C)[Si](C#Cc1c2cc3ccccc3cc2c(C#C[Si](C(=C)C)(C(=C)C)C(C)C)c2cc3ccccc3cc12)(C(=C)C)C(C)C.C=C(C)[Si](C#Cc1c2cc3ccccc3cc2c(C#C[Si](C(=C)C)(C(C)C)C(C)C)c2cc3ccccc3cc12)(C(C)C)C(C)C.C=CC[Si](C#Cc1c2cc3ccccc3cc2c(C#C[Si](CC=C)(C(C)C)C(C)C)c2cc3ccccc3cc12)(C(C)C)C(C)C. The Morgan fingerprint density at radius 2 is 0.355 bits per heavy atom. The van der Waals surface area contributed by atoms with Crippen molar-refractivity contribution >= 4 is 178 Å². The average Bonchev–Trinajstić information content (AvgIpc) is 0.733. The molecule has 0 amide bonds. The summed E-state index contributed by atoms with van der Waals surface area (Å²) in [4.78, 5) is 0. The molecule has 0 saturated carbocycles. The van der Waals surface area contributed by atoms with Crippen LogP contribution in [0.4, 0.5) is 0 Å². The quantitative estimate of drug-likeness (QED) is 0.0309. The highest BCUT2D eigenvalue weighted by Crippen LogP contribution is 2.48. The van der Waals surface area contributed by atoms with Crippen molar-refractivity contribution in [2.75, 3.05) is 0 Å². The van der Waals surface area contributed by atoms with Gasteiger partial charge in [-0.05, 0) is 311 Å². The molecule has 138 heavy (non-hydrogen) atoms. The second kappa shape index (κ2) is 42.0. The molecule has 0 saturated heterocycles. The molecule has 0 nitrogen and oxygen atoms in total. The summed E-state index contributed by atoms with van der Waals surface area (Å²) in [5, 5.41) is 35.9. The van der Waals surface area contributed by atoms with Gasteiger partial charge >= 0.3 is 0 Å². The maximum absolute atomic E-state index is 4.53. The Balaban J connectivity index is 0.000000175. The van der Waals surface area contributed by atoms with Gasteiger partial charge in [-0.15, -0.1) is 85.9 Å². The smallest absolute Gasteiger partial charge is 0.125 e. The maximum Gasteiger partial charge on any atom is 0.192 e. The molecule has 0 spiro atoms. The van der Waals surface area contributed by atoms with Gasteiger partial charge in [-0.2, -0.15) is 0 Å². The summed E-state index contributed by atoms with van der Waals surface area (Å²) in [6.45, 7) is 94.9. The topological polar surface area (TPSA) is 0 Å². The van der Waals surface area contributed by atoms with E-state index < -0.39 is 48.4 Å². The van der Waals surface area contributed by atoms with Crippen LogP contribution in [0.5, 0.6) is 0 Å². The van der Waals surface area contributed by atoms with Crippen LogP contribution in [0.2, 0.25) is 67.5 Å². The average molecular weight is 1900 g/mol. The lowest BCUT2D eigenvalue weighted by molar-refractivity contribution is 0.909. The predicted molar refractivity (Wildman–Crippen MR) is 635 cm³/mol. The van der Waals surface area contributed by atoms with Crippen molar-refractivity contribution in [3.63, 3.8) is 0 Å². The Labute approximate surface area is 835 Å². The van der Waals surface area contributed by atoms with E-state index in [1.165, 1.54) is 118 Å². The summed E-state index contributed by atoms with van der Waals surface area (Å²) in [7, 11) is -13.1. The first kappa shape index (κ1) is 103. The molecule has 698 valence electrons. The van der Waals surface area contributed by atoms with Gasteiger partial charge in [0.15, 0.2) is 32.3 Å². The molecule has 15 aromatic rings. The second-order valence-corrected chi connectivity index (χ2v) is 72.7. The Hall–Kier alpha value is -12.0. The summed E-state index contributed by atoms with van der Waals surface area (Å²) >= 11 is 0. The van der Waals surface area contributed by atoms with Gasteiger partial charge in [-0.3, -0.25) is 0 Å². The molecule has 0 aliphatic rings. The van der Waals surface area contributed by atoms with Crippen LogP contribution < -0.4 is 0 Å². The number of rotatable bonds is 20. The van der Waals surface area contributed by atoms with E-state index in [0.717, 1.165) is 87.8 Å². The Bertz CT molecular complexity index is 7110. The predicted octanol–water partition coefficient (Wildman–Crippen LogP) is 38.1. The van der Waals surface area contributed by atoms with Crippen LogP contribution >= 0.6 is 0 Å². The molecule has 0 N–H and O–H groups in total. The Morgan fingerprint density at radius 3 is 0.471 bits per heavy atom. The van der Waals surface area contributed by atoms with E-state index in [4.69, 9.17) is 0 Å². The van der Waals surface area contributed by atoms with E-state index in [0.29, 0.717) is 55.4 Å². The summed E-state index contributed by atoms with van der Waals surface area (Å²) in [5.41, 5.74) is 35.1.